The summed E-state index contributed by atoms with van der Waals surface area (Å²) in [6, 6.07) is 0.365. The molecule has 1 saturated heterocycles. The van der Waals surface area contributed by atoms with Crippen molar-refractivity contribution in [1.29, 1.82) is 0 Å². The van der Waals surface area contributed by atoms with E-state index in [1.54, 1.807) is 16.2 Å². The van der Waals surface area contributed by atoms with Gasteiger partial charge in [0.05, 0.1) is 5.69 Å². The first-order chi connectivity index (χ1) is 9.67. The summed E-state index contributed by atoms with van der Waals surface area (Å²) in [5, 5.41) is 6.59. The lowest BCUT2D eigenvalue weighted by molar-refractivity contribution is -0.130. The summed E-state index contributed by atoms with van der Waals surface area (Å²) < 4.78 is 0. The number of aromatic nitrogens is 1. The number of anilines is 1. The summed E-state index contributed by atoms with van der Waals surface area (Å²) in [5.74, 6) is -0.504. The number of hydrogen-bond acceptors (Lipinski definition) is 6. The Kier molecular flexibility index (Phi) is 3.71. The zero-order chi connectivity index (χ0) is 14.1. The molecular weight excluding hydrogens is 276 g/mol. The van der Waals surface area contributed by atoms with Crippen molar-refractivity contribution in [2.75, 3.05) is 24.5 Å². The molecule has 0 spiro atoms. The predicted molar refractivity (Wildman–Crippen MR) is 76.8 cm³/mol. The van der Waals surface area contributed by atoms with Gasteiger partial charge in [-0.3, -0.25) is 14.9 Å². The van der Waals surface area contributed by atoms with Gasteiger partial charge in [0.25, 0.3) is 0 Å². The fourth-order valence-corrected chi connectivity index (χ4v) is 3.98. The number of aryl methyl sites for hydroxylation is 1. The first-order valence-electron chi connectivity index (χ1n) is 6.98. The van der Waals surface area contributed by atoms with E-state index in [0.29, 0.717) is 6.04 Å². The number of carbonyl (C=O) groups is 2. The topological polar surface area (TPSA) is 74.3 Å². The SMILES string of the molecule is CCNC1CCCc2nc(N3CC(=O)NC(=O)C3)sc21. The van der Waals surface area contributed by atoms with E-state index in [-0.39, 0.29) is 24.9 Å². The highest BCUT2D eigenvalue weighted by Gasteiger charge is 2.29. The molecule has 0 bridgehead atoms. The third-order valence-electron chi connectivity index (χ3n) is 3.61. The summed E-state index contributed by atoms with van der Waals surface area (Å²) in [5.41, 5.74) is 1.13. The van der Waals surface area contributed by atoms with Crippen molar-refractivity contribution < 1.29 is 9.59 Å². The number of piperazine rings is 1. The van der Waals surface area contributed by atoms with Gasteiger partial charge in [0.1, 0.15) is 13.1 Å². The van der Waals surface area contributed by atoms with Crippen molar-refractivity contribution in [2.24, 2.45) is 0 Å². The molecule has 2 N–H and O–H groups in total. The number of nitrogens with zero attached hydrogens (tertiary/aromatic N) is 2. The summed E-state index contributed by atoms with van der Waals surface area (Å²) in [7, 11) is 0. The molecule has 1 aliphatic carbocycles. The van der Waals surface area contributed by atoms with E-state index < -0.39 is 0 Å². The third kappa shape index (κ3) is 2.55. The van der Waals surface area contributed by atoms with Gasteiger partial charge >= 0.3 is 0 Å². The predicted octanol–water partition coefficient (Wildman–Crippen LogP) is 0.593. The van der Waals surface area contributed by atoms with Crippen LogP contribution >= 0.6 is 11.3 Å². The second-order valence-electron chi connectivity index (χ2n) is 5.14. The summed E-state index contributed by atoms with van der Waals surface area (Å²) in [4.78, 5) is 30.6. The Morgan fingerprint density at radius 2 is 2.15 bits per heavy atom. The Hall–Kier alpha value is -1.47. The number of hydrogen-bond donors (Lipinski definition) is 2. The molecule has 2 aliphatic rings. The number of nitrogens with one attached hydrogen (secondary N) is 2. The van der Waals surface area contributed by atoms with Crippen molar-refractivity contribution in [1.82, 2.24) is 15.6 Å². The molecule has 2 heterocycles. The normalized spacial score (nSPS) is 22.6. The van der Waals surface area contributed by atoms with Crippen LogP contribution in [0, 0.1) is 0 Å². The Morgan fingerprint density at radius 3 is 2.85 bits per heavy atom. The molecule has 20 heavy (non-hydrogen) atoms. The number of imide groups is 1. The highest BCUT2D eigenvalue weighted by molar-refractivity contribution is 7.15. The van der Waals surface area contributed by atoms with Gasteiger partial charge in [-0.2, -0.15) is 0 Å². The number of amides is 2. The number of carbonyl (C=O) groups excluding carboxylic acids is 2. The molecule has 1 aliphatic heterocycles. The third-order valence-corrected chi connectivity index (χ3v) is 4.88. The molecule has 1 atom stereocenters. The Balaban J connectivity index is 1.85. The number of fused-ring (bicyclic) bond motifs is 1. The lowest BCUT2D eigenvalue weighted by Crippen LogP contribution is -2.51. The van der Waals surface area contributed by atoms with Crippen molar-refractivity contribution in [3.05, 3.63) is 10.6 Å². The maximum Gasteiger partial charge on any atom is 0.246 e. The second kappa shape index (κ2) is 5.49. The zero-order valence-electron chi connectivity index (χ0n) is 11.4. The van der Waals surface area contributed by atoms with E-state index >= 15 is 0 Å². The quantitative estimate of drug-likeness (QED) is 0.798. The monoisotopic (exact) mass is 294 g/mol. The molecule has 3 rings (SSSR count). The molecule has 2 amide bonds. The lowest BCUT2D eigenvalue weighted by Gasteiger charge is -2.24. The van der Waals surface area contributed by atoms with E-state index in [1.807, 2.05) is 0 Å². The van der Waals surface area contributed by atoms with Gasteiger partial charge < -0.3 is 10.2 Å². The molecule has 1 aromatic rings. The van der Waals surface area contributed by atoms with Crippen molar-refractivity contribution in [2.45, 2.75) is 32.2 Å². The van der Waals surface area contributed by atoms with E-state index in [9.17, 15) is 9.59 Å². The van der Waals surface area contributed by atoms with Crippen LogP contribution in [0.5, 0.6) is 0 Å². The van der Waals surface area contributed by atoms with Gasteiger partial charge in [-0.25, -0.2) is 4.98 Å². The first-order valence-corrected chi connectivity index (χ1v) is 7.79. The van der Waals surface area contributed by atoms with Gasteiger partial charge in [0.15, 0.2) is 5.13 Å². The minimum absolute atomic E-state index is 0.212. The van der Waals surface area contributed by atoms with Crippen LogP contribution in [-0.2, 0) is 16.0 Å². The van der Waals surface area contributed by atoms with Crippen LogP contribution in [0.1, 0.15) is 36.4 Å². The van der Waals surface area contributed by atoms with Crippen molar-refractivity contribution in [3.63, 3.8) is 0 Å². The fourth-order valence-electron chi connectivity index (χ4n) is 2.76. The van der Waals surface area contributed by atoms with Crippen LogP contribution < -0.4 is 15.5 Å². The molecule has 108 valence electrons. The average Bonchev–Trinajstić information content (AvgIpc) is 2.83. The standard InChI is InChI=1S/C13H18N4O2S/c1-2-14-8-4-3-5-9-12(8)20-13(15-9)17-6-10(18)16-11(19)7-17/h8,14H,2-7H2,1H3,(H,16,18,19). The Labute approximate surface area is 121 Å². The Morgan fingerprint density at radius 1 is 1.40 bits per heavy atom. The molecule has 1 aromatic heterocycles. The van der Waals surface area contributed by atoms with Crippen LogP contribution in [0.4, 0.5) is 5.13 Å². The summed E-state index contributed by atoms with van der Waals surface area (Å²) >= 11 is 1.61. The molecule has 0 radical (unpaired) electrons. The van der Waals surface area contributed by atoms with Crippen LogP contribution in [0.2, 0.25) is 0 Å². The highest BCUT2D eigenvalue weighted by Crippen LogP contribution is 2.37. The highest BCUT2D eigenvalue weighted by atomic mass is 32.1. The van der Waals surface area contributed by atoms with Crippen LogP contribution in [-0.4, -0.2) is 36.4 Å². The minimum atomic E-state index is -0.252. The lowest BCUT2D eigenvalue weighted by atomic mass is 9.98. The molecule has 6 nitrogen and oxygen atoms in total. The maximum atomic E-state index is 11.5. The van der Waals surface area contributed by atoms with E-state index in [2.05, 4.69) is 22.5 Å². The zero-order valence-corrected chi connectivity index (χ0v) is 12.3. The van der Waals surface area contributed by atoms with Gasteiger partial charge in [-0.15, -0.1) is 0 Å². The van der Waals surface area contributed by atoms with Gasteiger partial charge in [0.2, 0.25) is 11.8 Å². The smallest absolute Gasteiger partial charge is 0.246 e. The fraction of sp³-hybridized carbons (Fsp3) is 0.615. The van der Waals surface area contributed by atoms with Crippen LogP contribution in [0.15, 0.2) is 0 Å². The largest absolute Gasteiger partial charge is 0.329 e. The number of thiazole rings is 1. The molecular formula is C13H18N4O2S. The van der Waals surface area contributed by atoms with Crippen molar-refractivity contribution in [3.8, 4) is 0 Å². The van der Waals surface area contributed by atoms with Crippen molar-refractivity contribution >= 4 is 28.3 Å². The molecule has 1 unspecified atom stereocenters. The summed E-state index contributed by atoms with van der Waals surface area (Å²) in [6.45, 7) is 3.46. The summed E-state index contributed by atoms with van der Waals surface area (Å²) in [6.07, 6.45) is 3.25. The Bertz CT molecular complexity index is 526. The second-order valence-corrected chi connectivity index (χ2v) is 6.15. The minimum Gasteiger partial charge on any atom is -0.329 e. The molecule has 0 saturated carbocycles. The van der Waals surface area contributed by atoms with E-state index in [0.717, 1.165) is 36.6 Å². The van der Waals surface area contributed by atoms with Crippen LogP contribution in [0.3, 0.4) is 0 Å². The first kappa shape index (κ1) is 13.5. The average molecular weight is 294 g/mol. The van der Waals surface area contributed by atoms with Gasteiger partial charge in [-0.1, -0.05) is 18.3 Å². The molecule has 7 heteroatoms. The molecule has 0 aromatic carbocycles. The molecule has 1 fully saturated rings. The van der Waals surface area contributed by atoms with Gasteiger partial charge in [0, 0.05) is 10.9 Å². The van der Waals surface area contributed by atoms with Gasteiger partial charge in [-0.05, 0) is 25.8 Å². The van der Waals surface area contributed by atoms with E-state index in [4.69, 9.17) is 0 Å². The van der Waals surface area contributed by atoms with E-state index in [1.165, 1.54) is 4.88 Å². The van der Waals surface area contributed by atoms with Crippen LogP contribution in [0.25, 0.3) is 0 Å². The number of rotatable bonds is 3. The maximum absolute atomic E-state index is 11.5.